The van der Waals surface area contributed by atoms with E-state index in [-0.39, 0.29) is 22.9 Å². The molecule has 2 saturated heterocycles. The van der Waals surface area contributed by atoms with E-state index >= 15 is 0 Å². The molecule has 2 heterocycles. The summed E-state index contributed by atoms with van der Waals surface area (Å²) in [6.45, 7) is 1.66. The zero-order chi connectivity index (χ0) is 15.9. The summed E-state index contributed by atoms with van der Waals surface area (Å²) in [5.41, 5.74) is 0.924. The van der Waals surface area contributed by atoms with Crippen molar-refractivity contribution in [1.82, 2.24) is 4.90 Å². The number of carbonyl (C=O) groups is 1. The molecule has 2 fully saturated rings. The largest absolute Gasteiger partial charge is 0.490 e. The number of carbonyl (C=O) groups excluding carboxylic acids is 1. The number of amides is 1. The fraction of sp³-hybridized carbons (Fsp3) is 0.533. The molecule has 1 spiro atoms. The third-order valence-corrected chi connectivity index (χ3v) is 4.99. The van der Waals surface area contributed by atoms with Gasteiger partial charge in [-0.15, -0.1) is 0 Å². The van der Waals surface area contributed by atoms with Gasteiger partial charge in [0.05, 0.1) is 24.0 Å². The van der Waals surface area contributed by atoms with Crippen LogP contribution in [0.15, 0.2) is 18.2 Å². The van der Waals surface area contributed by atoms with E-state index in [1.54, 1.807) is 12.1 Å². The molecule has 118 valence electrons. The Labute approximate surface area is 128 Å². The lowest BCUT2D eigenvalue weighted by Crippen LogP contribution is -2.65. The Morgan fingerprint density at radius 3 is 2.50 bits per heavy atom. The fourth-order valence-electron chi connectivity index (χ4n) is 3.40. The molecule has 0 aliphatic carbocycles. The maximum absolute atomic E-state index is 11.5. The van der Waals surface area contributed by atoms with Crippen LogP contribution >= 0.6 is 0 Å². The summed E-state index contributed by atoms with van der Waals surface area (Å²) >= 11 is 0. The topological polar surface area (TPSA) is 75.9 Å². The van der Waals surface area contributed by atoms with Gasteiger partial charge in [0.1, 0.15) is 0 Å². The molecule has 7 heteroatoms. The molecule has 0 bridgehead atoms. The smallest absolute Gasteiger partial charge is 0.311 e. The predicted octanol–water partition coefficient (Wildman–Crippen LogP) is 1.80. The van der Waals surface area contributed by atoms with Crippen molar-refractivity contribution in [1.29, 1.82) is 0 Å². The number of ether oxygens (including phenoxy) is 1. The molecular formula is C15H19N3O4. The highest BCUT2D eigenvalue weighted by Crippen LogP contribution is 2.41. The van der Waals surface area contributed by atoms with Crippen molar-refractivity contribution in [3.05, 3.63) is 28.3 Å². The van der Waals surface area contributed by atoms with Crippen molar-refractivity contribution in [2.45, 2.75) is 24.8 Å². The zero-order valence-corrected chi connectivity index (χ0v) is 12.7. The van der Waals surface area contributed by atoms with Crippen molar-refractivity contribution in [3.63, 3.8) is 0 Å². The van der Waals surface area contributed by atoms with Gasteiger partial charge in [-0.05, 0) is 18.9 Å². The maximum Gasteiger partial charge on any atom is 0.311 e. The zero-order valence-electron chi connectivity index (χ0n) is 12.7. The van der Waals surface area contributed by atoms with Gasteiger partial charge < -0.3 is 14.5 Å². The average molecular weight is 305 g/mol. The third kappa shape index (κ3) is 2.17. The minimum atomic E-state index is -0.442. The van der Waals surface area contributed by atoms with E-state index in [0.717, 1.165) is 31.6 Å². The number of benzene rings is 1. The van der Waals surface area contributed by atoms with Crippen LogP contribution in [-0.4, -0.2) is 48.5 Å². The first-order chi connectivity index (χ1) is 10.5. The molecule has 2 aliphatic rings. The minimum Gasteiger partial charge on any atom is -0.490 e. The Morgan fingerprint density at radius 2 is 2.00 bits per heavy atom. The summed E-state index contributed by atoms with van der Waals surface area (Å²) in [6, 6.07) is 4.96. The van der Waals surface area contributed by atoms with Gasteiger partial charge in [-0.2, -0.15) is 0 Å². The Balaban J connectivity index is 1.74. The first-order valence-electron chi connectivity index (χ1n) is 7.31. The fourth-order valence-corrected chi connectivity index (χ4v) is 3.40. The van der Waals surface area contributed by atoms with Gasteiger partial charge in [-0.1, -0.05) is 0 Å². The van der Waals surface area contributed by atoms with Crippen LogP contribution in [0.25, 0.3) is 0 Å². The highest BCUT2D eigenvalue weighted by molar-refractivity contribution is 5.84. The van der Waals surface area contributed by atoms with Crippen molar-refractivity contribution in [2.24, 2.45) is 0 Å². The summed E-state index contributed by atoms with van der Waals surface area (Å²) < 4.78 is 5.12. The Morgan fingerprint density at radius 1 is 1.32 bits per heavy atom. The van der Waals surface area contributed by atoms with E-state index in [9.17, 15) is 14.9 Å². The normalized spacial score (nSPS) is 20.0. The molecule has 1 aromatic rings. The second kappa shape index (κ2) is 5.15. The van der Waals surface area contributed by atoms with Crippen molar-refractivity contribution in [2.75, 3.05) is 32.1 Å². The van der Waals surface area contributed by atoms with E-state index in [4.69, 9.17) is 4.74 Å². The van der Waals surface area contributed by atoms with Gasteiger partial charge in [0.25, 0.3) is 0 Å². The van der Waals surface area contributed by atoms with Gasteiger partial charge in [0.2, 0.25) is 5.91 Å². The molecule has 22 heavy (non-hydrogen) atoms. The number of piperidine rings is 1. The lowest BCUT2D eigenvalue weighted by molar-refractivity contribution is -0.385. The molecular weight excluding hydrogens is 286 g/mol. The summed E-state index contributed by atoms with van der Waals surface area (Å²) in [7, 11) is 3.31. The lowest BCUT2D eigenvalue weighted by atomic mass is 9.76. The number of rotatable bonds is 3. The number of nitro groups is 1. The highest BCUT2D eigenvalue weighted by atomic mass is 16.6. The summed E-state index contributed by atoms with van der Waals surface area (Å²) in [6.07, 6.45) is 2.49. The van der Waals surface area contributed by atoms with Gasteiger partial charge in [-0.25, -0.2) is 0 Å². The van der Waals surface area contributed by atoms with Gasteiger partial charge in [0, 0.05) is 38.0 Å². The van der Waals surface area contributed by atoms with Crippen molar-refractivity contribution < 1.29 is 14.5 Å². The van der Waals surface area contributed by atoms with E-state index in [2.05, 4.69) is 4.90 Å². The summed E-state index contributed by atoms with van der Waals surface area (Å²) in [5, 5.41) is 10.9. The highest BCUT2D eigenvalue weighted by Gasteiger charge is 2.49. The first-order valence-corrected chi connectivity index (χ1v) is 7.31. The SMILES string of the molecule is COc1cc(N2CCC3(CC2)CC(=O)N3C)ccc1[N+](=O)[O-]. The minimum absolute atomic E-state index is 0.0240. The molecule has 7 nitrogen and oxygen atoms in total. The van der Waals surface area contributed by atoms with Crippen LogP contribution in [-0.2, 0) is 4.79 Å². The number of anilines is 1. The molecule has 1 amide bonds. The van der Waals surface area contributed by atoms with E-state index in [1.807, 2.05) is 11.9 Å². The number of β-lactam (4-membered cyclic amide) rings is 1. The molecule has 0 aromatic heterocycles. The lowest BCUT2D eigenvalue weighted by Gasteiger charge is -2.54. The number of likely N-dealkylation sites (tertiary alicyclic amines) is 1. The van der Waals surface area contributed by atoms with Crippen LogP contribution < -0.4 is 9.64 Å². The molecule has 0 saturated carbocycles. The van der Waals surface area contributed by atoms with Crippen LogP contribution in [0.3, 0.4) is 0 Å². The number of methoxy groups -OCH3 is 1. The van der Waals surface area contributed by atoms with Gasteiger partial charge >= 0.3 is 5.69 Å². The Kier molecular flexibility index (Phi) is 3.42. The first kappa shape index (κ1) is 14.6. The van der Waals surface area contributed by atoms with Crippen LogP contribution in [0.2, 0.25) is 0 Å². The van der Waals surface area contributed by atoms with Crippen LogP contribution in [0.5, 0.6) is 5.75 Å². The Hall–Kier alpha value is -2.31. The second-order valence-corrected chi connectivity index (χ2v) is 5.95. The number of nitrogens with zero attached hydrogens (tertiary/aromatic N) is 3. The molecule has 2 aliphatic heterocycles. The molecule has 3 rings (SSSR count). The number of nitro benzene ring substituents is 1. The Bertz CT molecular complexity index is 623. The van der Waals surface area contributed by atoms with Crippen LogP contribution in [0.1, 0.15) is 19.3 Å². The standard InChI is InChI=1S/C15H19N3O4/c1-16-14(19)10-15(16)5-7-17(8-6-15)11-3-4-12(18(20)21)13(9-11)22-2/h3-4,9H,5-8,10H2,1-2H3. The average Bonchev–Trinajstić information content (AvgIpc) is 2.54. The number of hydrogen-bond donors (Lipinski definition) is 0. The third-order valence-electron chi connectivity index (χ3n) is 4.99. The second-order valence-electron chi connectivity index (χ2n) is 5.95. The monoisotopic (exact) mass is 305 g/mol. The summed E-state index contributed by atoms with van der Waals surface area (Å²) in [4.78, 5) is 26.0. The molecule has 0 atom stereocenters. The predicted molar refractivity (Wildman–Crippen MR) is 81.2 cm³/mol. The van der Waals surface area contributed by atoms with Crippen molar-refractivity contribution in [3.8, 4) is 5.75 Å². The summed E-state index contributed by atoms with van der Waals surface area (Å²) in [5.74, 6) is 0.490. The van der Waals surface area contributed by atoms with Gasteiger partial charge in [0.15, 0.2) is 5.75 Å². The molecule has 0 N–H and O–H groups in total. The van der Waals surface area contributed by atoms with Gasteiger partial charge in [-0.3, -0.25) is 14.9 Å². The van der Waals surface area contributed by atoms with Crippen LogP contribution in [0.4, 0.5) is 11.4 Å². The van der Waals surface area contributed by atoms with Crippen LogP contribution in [0, 0.1) is 10.1 Å². The molecule has 0 radical (unpaired) electrons. The maximum atomic E-state index is 11.5. The molecule has 1 aromatic carbocycles. The van der Waals surface area contributed by atoms with E-state index in [0.29, 0.717) is 6.42 Å². The number of hydrogen-bond acceptors (Lipinski definition) is 5. The van der Waals surface area contributed by atoms with E-state index < -0.39 is 4.92 Å². The van der Waals surface area contributed by atoms with Crippen molar-refractivity contribution >= 4 is 17.3 Å². The molecule has 0 unspecified atom stereocenters. The quantitative estimate of drug-likeness (QED) is 0.483. The van der Waals surface area contributed by atoms with E-state index in [1.165, 1.54) is 13.2 Å².